The lowest BCUT2D eigenvalue weighted by Crippen LogP contribution is -2.42. The van der Waals surface area contributed by atoms with E-state index >= 15 is 0 Å². The van der Waals surface area contributed by atoms with E-state index in [1.54, 1.807) is 9.80 Å². The molecule has 2 aliphatic heterocycles. The van der Waals surface area contributed by atoms with Gasteiger partial charge in [0.15, 0.2) is 0 Å². The summed E-state index contributed by atoms with van der Waals surface area (Å²) in [5, 5.41) is 4.25. The predicted octanol–water partition coefficient (Wildman–Crippen LogP) is 4.27. The van der Waals surface area contributed by atoms with Crippen molar-refractivity contribution in [3.8, 4) is 0 Å². The molecule has 2 saturated heterocycles. The number of halogens is 3. The minimum atomic E-state index is -4.56. The number of anilines is 1. The van der Waals surface area contributed by atoms with Crippen LogP contribution < -0.4 is 10.2 Å². The van der Waals surface area contributed by atoms with Crippen molar-refractivity contribution in [3.63, 3.8) is 0 Å². The van der Waals surface area contributed by atoms with Gasteiger partial charge in [0.05, 0.1) is 21.3 Å². The summed E-state index contributed by atoms with van der Waals surface area (Å²) in [6.45, 7) is 2.68. The number of nitrogens with one attached hydrogen (secondary N) is 1. The van der Waals surface area contributed by atoms with Crippen LogP contribution in [0.3, 0.4) is 0 Å². The number of hydrogen-bond acceptors (Lipinski definition) is 6. The Morgan fingerprint density at radius 1 is 1.15 bits per heavy atom. The van der Waals surface area contributed by atoms with Crippen molar-refractivity contribution >= 4 is 39.4 Å². The smallest absolute Gasteiger partial charge is 0.417 e. The van der Waals surface area contributed by atoms with Crippen LogP contribution in [-0.4, -0.2) is 60.7 Å². The molecule has 33 heavy (non-hydrogen) atoms. The van der Waals surface area contributed by atoms with E-state index in [1.807, 2.05) is 0 Å². The van der Waals surface area contributed by atoms with Crippen LogP contribution in [0.25, 0.3) is 10.2 Å². The fraction of sp³-hybridized carbons (Fsp3) is 0.591. The number of alkyl carbamates (subject to hydrolysis) is 1. The largest absolute Gasteiger partial charge is 0.446 e. The van der Waals surface area contributed by atoms with E-state index in [1.165, 1.54) is 5.38 Å². The molecule has 0 radical (unpaired) electrons. The van der Waals surface area contributed by atoms with Crippen LogP contribution in [0.5, 0.6) is 0 Å². The third-order valence-corrected chi connectivity index (χ3v) is 7.46. The number of likely N-dealkylation sites (tertiary alicyclic amines) is 1. The topological polar surface area (TPSA) is 74.8 Å². The van der Waals surface area contributed by atoms with Gasteiger partial charge in [-0.15, -0.1) is 11.3 Å². The zero-order chi connectivity index (χ0) is 23.2. The van der Waals surface area contributed by atoms with Crippen LogP contribution in [0.4, 0.5) is 23.8 Å². The molecule has 2 aromatic heterocycles. The van der Waals surface area contributed by atoms with Gasteiger partial charge in [-0.1, -0.05) is 0 Å². The first-order valence-corrected chi connectivity index (χ1v) is 12.2. The maximum Gasteiger partial charge on any atom is 0.417 e. The van der Waals surface area contributed by atoms with Crippen molar-refractivity contribution in [2.75, 3.05) is 37.6 Å². The first-order valence-electron chi connectivity index (χ1n) is 11.3. The Kier molecular flexibility index (Phi) is 5.84. The van der Waals surface area contributed by atoms with Gasteiger partial charge in [0.2, 0.25) is 0 Å². The number of amides is 2. The highest BCUT2D eigenvalue weighted by molar-refractivity contribution is 7.17. The summed E-state index contributed by atoms with van der Waals surface area (Å²) < 4.78 is 47.0. The number of ether oxygens (including phenoxy) is 1. The zero-order valence-electron chi connectivity index (χ0n) is 18.0. The number of pyridine rings is 1. The van der Waals surface area contributed by atoms with Crippen molar-refractivity contribution in [1.82, 2.24) is 15.2 Å². The number of fused-ring (bicyclic) bond motifs is 1. The Labute approximate surface area is 192 Å². The second-order valence-electron chi connectivity index (χ2n) is 8.91. The van der Waals surface area contributed by atoms with E-state index in [0.29, 0.717) is 51.5 Å². The molecule has 178 valence electrons. The molecule has 11 heteroatoms. The van der Waals surface area contributed by atoms with Gasteiger partial charge < -0.3 is 19.9 Å². The monoisotopic (exact) mass is 482 g/mol. The first-order chi connectivity index (χ1) is 15.8. The lowest BCUT2D eigenvalue weighted by atomic mass is 10.1. The summed E-state index contributed by atoms with van der Waals surface area (Å²) in [6, 6.07) is 1.07. The highest BCUT2D eigenvalue weighted by Crippen LogP contribution is 2.41. The average molecular weight is 483 g/mol. The minimum absolute atomic E-state index is 0.0133. The molecule has 0 atom stereocenters. The summed E-state index contributed by atoms with van der Waals surface area (Å²) in [5.74, 6) is 0.482. The van der Waals surface area contributed by atoms with E-state index in [4.69, 9.17) is 4.74 Å². The van der Waals surface area contributed by atoms with Crippen molar-refractivity contribution < 1.29 is 27.5 Å². The number of carbonyl (C=O) groups is 2. The quantitative estimate of drug-likeness (QED) is 0.689. The maximum absolute atomic E-state index is 13.9. The van der Waals surface area contributed by atoms with E-state index in [2.05, 4.69) is 10.3 Å². The number of carbonyl (C=O) groups excluding carboxylic acids is 2. The number of thiophene rings is 1. The molecule has 0 bridgehead atoms. The number of alkyl halides is 3. The van der Waals surface area contributed by atoms with Gasteiger partial charge in [0.1, 0.15) is 11.9 Å². The molecule has 0 spiro atoms. The van der Waals surface area contributed by atoms with Crippen molar-refractivity contribution in [3.05, 3.63) is 22.6 Å². The van der Waals surface area contributed by atoms with Crippen LogP contribution in [0.1, 0.15) is 48.0 Å². The highest BCUT2D eigenvalue weighted by atomic mass is 32.1. The lowest BCUT2D eigenvalue weighted by Gasteiger charge is -2.33. The van der Waals surface area contributed by atoms with Crippen molar-refractivity contribution in [2.45, 2.75) is 44.4 Å². The van der Waals surface area contributed by atoms with E-state index < -0.39 is 17.8 Å². The summed E-state index contributed by atoms with van der Waals surface area (Å²) >= 11 is 0.908. The second-order valence-corrected chi connectivity index (χ2v) is 9.79. The van der Waals surface area contributed by atoms with Gasteiger partial charge in [0, 0.05) is 50.9 Å². The van der Waals surface area contributed by atoms with Gasteiger partial charge in [-0.25, -0.2) is 9.78 Å². The normalized spacial score (nSPS) is 19.5. The fourth-order valence-corrected chi connectivity index (χ4v) is 5.17. The van der Waals surface area contributed by atoms with E-state index in [0.717, 1.165) is 36.7 Å². The molecule has 0 aromatic carbocycles. The van der Waals surface area contributed by atoms with Crippen molar-refractivity contribution in [2.24, 2.45) is 5.92 Å². The maximum atomic E-state index is 13.9. The van der Waals surface area contributed by atoms with Crippen LogP contribution in [0.2, 0.25) is 0 Å². The Morgan fingerprint density at radius 2 is 1.88 bits per heavy atom. The third-order valence-electron chi connectivity index (χ3n) is 6.46. The summed E-state index contributed by atoms with van der Waals surface area (Å²) in [5.41, 5.74) is -0.430. The predicted molar refractivity (Wildman–Crippen MR) is 118 cm³/mol. The molecule has 2 aromatic rings. The molecule has 3 fully saturated rings. The Balaban J connectivity index is 1.33. The molecule has 4 heterocycles. The average Bonchev–Trinajstić information content (AvgIpc) is 3.47. The van der Waals surface area contributed by atoms with E-state index in [-0.39, 0.29) is 33.6 Å². The number of hydrogen-bond donors (Lipinski definition) is 1. The van der Waals surface area contributed by atoms with Gasteiger partial charge in [0.25, 0.3) is 5.91 Å². The molecule has 5 rings (SSSR count). The molecule has 0 unspecified atom stereocenters. The van der Waals surface area contributed by atoms with Crippen LogP contribution in [0, 0.1) is 5.92 Å². The Morgan fingerprint density at radius 3 is 2.48 bits per heavy atom. The fourth-order valence-electron chi connectivity index (χ4n) is 4.15. The molecule has 1 N–H and O–H groups in total. The van der Waals surface area contributed by atoms with Crippen molar-refractivity contribution in [1.29, 1.82) is 0 Å². The minimum Gasteiger partial charge on any atom is -0.446 e. The van der Waals surface area contributed by atoms with E-state index in [9.17, 15) is 22.8 Å². The van der Waals surface area contributed by atoms with Gasteiger partial charge in [-0.2, -0.15) is 13.2 Å². The summed E-state index contributed by atoms with van der Waals surface area (Å²) in [6.07, 6.45) is -1.11. The van der Waals surface area contributed by atoms with Crippen LogP contribution in [0.15, 0.2) is 11.4 Å². The standard InChI is InChI=1S/C22H25F3N4O3S/c23-22(24,25)16-10-17(27-18-15(12-33-19(16)18)20(30)29-6-1-7-29)28-8-4-14(5-9-28)32-21(31)26-11-13-2-3-13/h10,12-14H,1-9,11H2,(H,26,31). The van der Waals surface area contributed by atoms with Gasteiger partial charge >= 0.3 is 12.3 Å². The second kappa shape index (κ2) is 8.66. The van der Waals surface area contributed by atoms with Crippen LogP contribution >= 0.6 is 11.3 Å². The molecule has 1 aliphatic carbocycles. The summed E-state index contributed by atoms with van der Waals surface area (Å²) in [7, 11) is 0. The molecule has 2 amide bonds. The lowest BCUT2D eigenvalue weighted by molar-refractivity contribution is -0.136. The van der Waals surface area contributed by atoms with Gasteiger partial charge in [-0.3, -0.25) is 4.79 Å². The Hall–Kier alpha value is -2.56. The molecule has 1 saturated carbocycles. The number of nitrogens with zero attached hydrogens (tertiary/aromatic N) is 3. The summed E-state index contributed by atoms with van der Waals surface area (Å²) in [4.78, 5) is 32.6. The number of aromatic nitrogens is 1. The molecular formula is C22H25F3N4O3S. The van der Waals surface area contributed by atoms with Gasteiger partial charge in [-0.05, 0) is 31.2 Å². The van der Waals surface area contributed by atoms with Crippen LogP contribution in [-0.2, 0) is 10.9 Å². The number of rotatable bonds is 5. The zero-order valence-corrected chi connectivity index (χ0v) is 18.8. The SMILES string of the molecule is O=C(NCC1CC1)OC1CCN(c2cc(C(F)(F)F)c3scc(C(=O)N4CCC4)c3n2)CC1. The first kappa shape index (κ1) is 22.2. The molecular weight excluding hydrogens is 457 g/mol. The third kappa shape index (κ3) is 4.73. The molecule has 3 aliphatic rings. The highest BCUT2D eigenvalue weighted by Gasteiger charge is 2.37. The molecule has 7 nitrogen and oxygen atoms in total. The Bertz CT molecular complexity index is 1060. The number of piperidine rings is 1.